The van der Waals surface area contributed by atoms with Gasteiger partial charge in [-0.05, 0) is 18.5 Å². The zero-order chi connectivity index (χ0) is 15.1. The van der Waals surface area contributed by atoms with Crippen molar-refractivity contribution >= 4 is 11.6 Å². The van der Waals surface area contributed by atoms with Gasteiger partial charge < -0.3 is 10.6 Å². The lowest BCUT2D eigenvalue weighted by Crippen LogP contribution is -2.27. The Morgan fingerprint density at radius 2 is 1.86 bits per heavy atom. The summed E-state index contributed by atoms with van der Waals surface area (Å²) in [6.07, 6.45) is 3.25. The lowest BCUT2D eigenvalue weighted by Gasteiger charge is -2.22. The van der Waals surface area contributed by atoms with Crippen LogP contribution in [-0.4, -0.2) is 28.0 Å². The van der Waals surface area contributed by atoms with Gasteiger partial charge in [0.05, 0.1) is 4.92 Å². The SMILES string of the molecule is NCCCN(Cc1ccccc1)c1ncc([N+](=O)[O-])cn1. The molecular weight excluding hydrogens is 270 g/mol. The summed E-state index contributed by atoms with van der Waals surface area (Å²) in [5.41, 5.74) is 6.56. The van der Waals surface area contributed by atoms with Crippen molar-refractivity contribution in [2.24, 2.45) is 5.73 Å². The van der Waals surface area contributed by atoms with E-state index in [0.29, 0.717) is 25.6 Å². The number of anilines is 1. The van der Waals surface area contributed by atoms with Crippen molar-refractivity contribution in [2.75, 3.05) is 18.0 Å². The number of hydrogen-bond acceptors (Lipinski definition) is 6. The fourth-order valence-electron chi connectivity index (χ4n) is 1.91. The Kier molecular flexibility index (Phi) is 5.16. The summed E-state index contributed by atoms with van der Waals surface area (Å²) in [4.78, 5) is 20.3. The quantitative estimate of drug-likeness (QED) is 0.615. The third kappa shape index (κ3) is 4.22. The van der Waals surface area contributed by atoms with E-state index in [0.717, 1.165) is 12.0 Å². The molecule has 7 nitrogen and oxygen atoms in total. The first kappa shape index (κ1) is 14.9. The largest absolute Gasteiger partial charge is 0.336 e. The fourth-order valence-corrected chi connectivity index (χ4v) is 1.91. The normalized spacial score (nSPS) is 10.3. The van der Waals surface area contributed by atoms with E-state index in [4.69, 9.17) is 5.73 Å². The molecule has 0 atom stereocenters. The van der Waals surface area contributed by atoms with E-state index in [1.165, 1.54) is 12.4 Å². The first-order valence-electron chi connectivity index (χ1n) is 6.66. The molecule has 0 radical (unpaired) electrons. The number of aromatic nitrogens is 2. The van der Waals surface area contributed by atoms with Crippen molar-refractivity contribution in [3.05, 3.63) is 58.4 Å². The van der Waals surface area contributed by atoms with Crippen LogP contribution in [0.1, 0.15) is 12.0 Å². The van der Waals surface area contributed by atoms with E-state index in [9.17, 15) is 10.1 Å². The molecule has 2 aromatic rings. The second-order valence-corrected chi connectivity index (χ2v) is 4.55. The highest BCUT2D eigenvalue weighted by Gasteiger charge is 2.12. The maximum absolute atomic E-state index is 10.6. The average molecular weight is 287 g/mol. The molecular formula is C14H17N5O2. The second-order valence-electron chi connectivity index (χ2n) is 4.55. The zero-order valence-electron chi connectivity index (χ0n) is 11.6. The van der Waals surface area contributed by atoms with Crippen molar-refractivity contribution in [1.29, 1.82) is 0 Å². The van der Waals surface area contributed by atoms with Crippen LogP contribution in [0.15, 0.2) is 42.7 Å². The summed E-state index contributed by atoms with van der Waals surface area (Å²) in [6, 6.07) is 9.91. The molecule has 2 N–H and O–H groups in total. The highest BCUT2D eigenvalue weighted by atomic mass is 16.6. The van der Waals surface area contributed by atoms with Crippen LogP contribution in [-0.2, 0) is 6.54 Å². The van der Waals surface area contributed by atoms with E-state index < -0.39 is 4.92 Å². The lowest BCUT2D eigenvalue weighted by molar-refractivity contribution is -0.385. The minimum atomic E-state index is -0.509. The van der Waals surface area contributed by atoms with Gasteiger partial charge in [0.25, 0.3) is 0 Å². The van der Waals surface area contributed by atoms with Crippen LogP contribution >= 0.6 is 0 Å². The van der Waals surface area contributed by atoms with Gasteiger partial charge in [-0.3, -0.25) is 10.1 Å². The molecule has 0 aliphatic heterocycles. The Labute approximate surface area is 122 Å². The summed E-state index contributed by atoms with van der Waals surface area (Å²) >= 11 is 0. The van der Waals surface area contributed by atoms with Crippen molar-refractivity contribution in [1.82, 2.24) is 9.97 Å². The van der Waals surface area contributed by atoms with Crippen molar-refractivity contribution in [3.63, 3.8) is 0 Å². The van der Waals surface area contributed by atoms with E-state index in [1.54, 1.807) is 0 Å². The molecule has 0 aliphatic carbocycles. The van der Waals surface area contributed by atoms with E-state index >= 15 is 0 Å². The second kappa shape index (κ2) is 7.30. The molecule has 0 bridgehead atoms. The minimum absolute atomic E-state index is 0.114. The molecule has 0 amide bonds. The third-order valence-electron chi connectivity index (χ3n) is 2.97. The topological polar surface area (TPSA) is 98.2 Å². The average Bonchev–Trinajstić information content (AvgIpc) is 2.52. The van der Waals surface area contributed by atoms with Crippen LogP contribution in [0.4, 0.5) is 11.6 Å². The first-order chi connectivity index (χ1) is 10.2. The Bertz CT molecular complexity index is 574. The number of rotatable bonds is 7. The van der Waals surface area contributed by atoms with Crippen molar-refractivity contribution in [3.8, 4) is 0 Å². The Hall–Kier alpha value is -2.54. The van der Waals surface area contributed by atoms with Gasteiger partial charge in [0, 0.05) is 13.1 Å². The lowest BCUT2D eigenvalue weighted by atomic mass is 10.2. The van der Waals surface area contributed by atoms with Gasteiger partial charge in [-0.2, -0.15) is 0 Å². The van der Waals surface area contributed by atoms with Crippen molar-refractivity contribution in [2.45, 2.75) is 13.0 Å². The molecule has 1 aromatic carbocycles. The van der Waals surface area contributed by atoms with Gasteiger partial charge in [0.15, 0.2) is 0 Å². The Balaban J connectivity index is 2.16. The van der Waals surface area contributed by atoms with Gasteiger partial charge >= 0.3 is 5.69 Å². The fraction of sp³-hybridized carbons (Fsp3) is 0.286. The summed E-state index contributed by atoms with van der Waals surface area (Å²) < 4.78 is 0. The maximum Gasteiger partial charge on any atom is 0.305 e. The third-order valence-corrected chi connectivity index (χ3v) is 2.97. The van der Waals surface area contributed by atoms with E-state index in [2.05, 4.69) is 9.97 Å². The van der Waals surface area contributed by atoms with Crippen LogP contribution in [0.25, 0.3) is 0 Å². The van der Waals surface area contributed by atoms with Gasteiger partial charge in [-0.25, -0.2) is 9.97 Å². The molecule has 2 rings (SSSR count). The summed E-state index contributed by atoms with van der Waals surface area (Å²) in [5, 5.41) is 10.6. The number of nitrogens with two attached hydrogens (primary N) is 1. The van der Waals surface area contributed by atoms with Gasteiger partial charge in [-0.1, -0.05) is 30.3 Å². The van der Waals surface area contributed by atoms with Gasteiger partial charge in [0.2, 0.25) is 5.95 Å². The standard InChI is InChI=1S/C14H17N5O2/c15-7-4-8-18(11-12-5-2-1-3-6-12)14-16-9-13(10-17-14)19(20)21/h1-3,5-6,9-10H,4,7-8,11,15H2. The monoisotopic (exact) mass is 287 g/mol. The molecule has 1 aromatic heterocycles. The Morgan fingerprint density at radius 1 is 1.19 bits per heavy atom. The predicted molar refractivity (Wildman–Crippen MR) is 79.8 cm³/mol. The van der Waals surface area contributed by atoms with Crippen LogP contribution in [0, 0.1) is 10.1 Å². The molecule has 0 aliphatic rings. The molecule has 1 heterocycles. The summed E-state index contributed by atoms with van der Waals surface area (Å²) in [5.74, 6) is 0.470. The molecule has 0 saturated carbocycles. The predicted octanol–water partition coefficient (Wildman–Crippen LogP) is 1.74. The van der Waals surface area contributed by atoms with E-state index in [-0.39, 0.29) is 5.69 Å². The highest BCUT2D eigenvalue weighted by Crippen LogP contribution is 2.15. The van der Waals surface area contributed by atoms with Crippen LogP contribution in [0.2, 0.25) is 0 Å². The molecule has 7 heteroatoms. The van der Waals surface area contributed by atoms with Crippen LogP contribution < -0.4 is 10.6 Å². The van der Waals surface area contributed by atoms with Crippen LogP contribution in [0.3, 0.4) is 0 Å². The number of hydrogen-bond donors (Lipinski definition) is 1. The summed E-state index contributed by atoms with van der Waals surface area (Å²) in [6.45, 7) is 1.90. The van der Waals surface area contributed by atoms with Crippen molar-refractivity contribution < 1.29 is 4.92 Å². The number of benzene rings is 1. The molecule has 0 unspecified atom stereocenters. The molecule has 0 fully saturated rings. The first-order valence-corrected chi connectivity index (χ1v) is 6.66. The summed E-state index contributed by atoms with van der Waals surface area (Å²) in [7, 11) is 0. The van der Waals surface area contributed by atoms with E-state index in [1.807, 2.05) is 35.2 Å². The zero-order valence-corrected chi connectivity index (χ0v) is 11.6. The minimum Gasteiger partial charge on any atom is -0.336 e. The molecule has 0 saturated heterocycles. The molecule has 21 heavy (non-hydrogen) atoms. The highest BCUT2D eigenvalue weighted by molar-refractivity contribution is 5.35. The van der Waals surface area contributed by atoms with Gasteiger partial charge in [-0.15, -0.1) is 0 Å². The number of nitrogens with zero attached hydrogens (tertiary/aromatic N) is 4. The smallest absolute Gasteiger partial charge is 0.305 e. The maximum atomic E-state index is 10.6. The molecule has 110 valence electrons. The molecule has 0 spiro atoms. The number of nitro groups is 1. The van der Waals surface area contributed by atoms with Gasteiger partial charge in [0.1, 0.15) is 12.4 Å². The Morgan fingerprint density at radius 3 is 2.43 bits per heavy atom. The van der Waals surface area contributed by atoms with Crippen LogP contribution in [0.5, 0.6) is 0 Å².